The van der Waals surface area contributed by atoms with Gasteiger partial charge in [-0.3, -0.25) is 0 Å². The van der Waals surface area contributed by atoms with Crippen LogP contribution in [-0.4, -0.2) is 17.7 Å². The third-order valence-electron chi connectivity index (χ3n) is 2.30. The van der Waals surface area contributed by atoms with Crippen LogP contribution in [0.1, 0.15) is 19.4 Å². The molecule has 1 heterocycles. The molecule has 5 heteroatoms. The topological polar surface area (TPSA) is 52.6 Å². The quantitative estimate of drug-likeness (QED) is 0.454. The minimum Gasteiger partial charge on any atom is -0.419 e. The molecule has 0 unspecified atom stereocenters. The van der Waals surface area contributed by atoms with Crippen LogP contribution >= 0.6 is 15.9 Å². The van der Waals surface area contributed by atoms with Gasteiger partial charge in [-0.15, -0.1) is 0 Å². The number of rotatable bonds is 1. The molecular formula is C13H11BrO4. The Kier molecular flexibility index (Phi) is 3.26. The average molecular weight is 311 g/mol. The molecule has 0 radical (unpaired) electrons. The van der Waals surface area contributed by atoms with Crippen LogP contribution in [0.2, 0.25) is 0 Å². The molecule has 0 amide bonds. The first-order valence-electron chi connectivity index (χ1n) is 5.31. The number of esters is 2. The monoisotopic (exact) mass is 310 g/mol. The molecule has 1 aromatic carbocycles. The Labute approximate surface area is 113 Å². The summed E-state index contributed by atoms with van der Waals surface area (Å²) in [7, 11) is 0. The number of halogens is 1. The molecule has 1 aromatic rings. The summed E-state index contributed by atoms with van der Waals surface area (Å²) in [6.45, 7) is 3.03. The Morgan fingerprint density at radius 1 is 1.06 bits per heavy atom. The van der Waals surface area contributed by atoms with E-state index in [0.717, 1.165) is 10.0 Å². The second kappa shape index (κ2) is 4.57. The molecule has 1 fully saturated rings. The summed E-state index contributed by atoms with van der Waals surface area (Å²) in [5.41, 5.74) is 0.624. The van der Waals surface area contributed by atoms with Gasteiger partial charge in [0.1, 0.15) is 5.57 Å². The lowest BCUT2D eigenvalue weighted by Gasteiger charge is -2.29. The Balaban J connectivity index is 2.30. The Bertz CT molecular complexity index is 506. The zero-order valence-corrected chi connectivity index (χ0v) is 11.5. The first kappa shape index (κ1) is 12.8. The van der Waals surface area contributed by atoms with Gasteiger partial charge in [0.15, 0.2) is 0 Å². The Morgan fingerprint density at radius 3 is 2.06 bits per heavy atom. The number of cyclic esters (lactones) is 2. The molecule has 0 atom stereocenters. The second-order valence-corrected chi connectivity index (χ2v) is 5.20. The van der Waals surface area contributed by atoms with Gasteiger partial charge in [0.2, 0.25) is 0 Å². The molecule has 0 bridgehead atoms. The van der Waals surface area contributed by atoms with Gasteiger partial charge < -0.3 is 9.47 Å². The molecule has 2 rings (SSSR count). The van der Waals surface area contributed by atoms with Crippen molar-refractivity contribution in [2.45, 2.75) is 19.6 Å². The van der Waals surface area contributed by atoms with Crippen molar-refractivity contribution in [3.05, 3.63) is 39.9 Å². The number of hydrogen-bond donors (Lipinski definition) is 0. The lowest BCUT2D eigenvalue weighted by Crippen LogP contribution is -2.41. The molecule has 0 N–H and O–H groups in total. The predicted octanol–water partition coefficient (Wildman–Crippen LogP) is 2.67. The summed E-state index contributed by atoms with van der Waals surface area (Å²) < 4.78 is 10.9. The lowest BCUT2D eigenvalue weighted by molar-refractivity contribution is -0.222. The fraction of sp³-hybridized carbons (Fsp3) is 0.231. The van der Waals surface area contributed by atoms with Crippen LogP contribution in [0.25, 0.3) is 6.08 Å². The zero-order chi connectivity index (χ0) is 13.3. The first-order valence-corrected chi connectivity index (χ1v) is 6.11. The maximum atomic E-state index is 11.7. The van der Waals surface area contributed by atoms with Crippen LogP contribution in [0.3, 0.4) is 0 Å². The molecule has 1 saturated heterocycles. The fourth-order valence-electron chi connectivity index (χ4n) is 1.50. The normalized spacial score (nSPS) is 18.1. The number of carbonyl (C=O) groups is 2. The highest BCUT2D eigenvalue weighted by molar-refractivity contribution is 9.10. The summed E-state index contributed by atoms with van der Waals surface area (Å²) in [6, 6.07) is 7.18. The van der Waals surface area contributed by atoms with Gasteiger partial charge in [0.05, 0.1) is 0 Å². The van der Waals surface area contributed by atoms with Crippen molar-refractivity contribution in [2.24, 2.45) is 0 Å². The van der Waals surface area contributed by atoms with Gasteiger partial charge in [-0.25, -0.2) is 9.59 Å². The van der Waals surface area contributed by atoms with E-state index in [4.69, 9.17) is 9.47 Å². The molecule has 0 spiro atoms. The van der Waals surface area contributed by atoms with E-state index in [1.807, 2.05) is 12.1 Å². The highest BCUT2D eigenvalue weighted by Gasteiger charge is 2.38. The van der Waals surface area contributed by atoms with Gasteiger partial charge in [-0.2, -0.15) is 0 Å². The van der Waals surface area contributed by atoms with Crippen molar-refractivity contribution < 1.29 is 19.1 Å². The van der Waals surface area contributed by atoms with E-state index in [-0.39, 0.29) is 5.57 Å². The molecule has 1 aliphatic heterocycles. The molecular weight excluding hydrogens is 300 g/mol. The van der Waals surface area contributed by atoms with Gasteiger partial charge in [-0.05, 0) is 23.8 Å². The van der Waals surface area contributed by atoms with Crippen LogP contribution in [-0.2, 0) is 19.1 Å². The largest absolute Gasteiger partial charge is 0.419 e. The number of benzene rings is 1. The van der Waals surface area contributed by atoms with Gasteiger partial charge in [0.25, 0.3) is 5.79 Å². The van der Waals surface area contributed by atoms with Crippen molar-refractivity contribution in [3.8, 4) is 0 Å². The molecule has 18 heavy (non-hydrogen) atoms. The Hall–Kier alpha value is -1.62. The summed E-state index contributed by atoms with van der Waals surface area (Å²) in [5, 5.41) is 0. The van der Waals surface area contributed by atoms with E-state index in [9.17, 15) is 9.59 Å². The minimum absolute atomic E-state index is 0.100. The maximum absolute atomic E-state index is 11.7. The van der Waals surface area contributed by atoms with E-state index in [0.29, 0.717) is 0 Å². The highest BCUT2D eigenvalue weighted by atomic mass is 79.9. The summed E-state index contributed by atoms with van der Waals surface area (Å²) >= 11 is 3.31. The maximum Gasteiger partial charge on any atom is 0.348 e. The second-order valence-electron chi connectivity index (χ2n) is 4.29. The van der Waals surface area contributed by atoms with Crippen LogP contribution in [0, 0.1) is 0 Å². The average Bonchev–Trinajstić information content (AvgIpc) is 2.24. The summed E-state index contributed by atoms with van der Waals surface area (Å²) in [4.78, 5) is 23.4. The van der Waals surface area contributed by atoms with Gasteiger partial charge in [0, 0.05) is 18.3 Å². The van der Waals surface area contributed by atoms with E-state index in [2.05, 4.69) is 15.9 Å². The SMILES string of the molecule is CC1(C)OC(=O)C(=Cc2ccc(Br)cc2)C(=O)O1. The van der Waals surface area contributed by atoms with Crippen molar-refractivity contribution >= 4 is 33.9 Å². The first-order chi connectivity index (χ1) is 8.37. The highest BCUT2D eigenvalue weighted by Crippen LogP contribution is 2.24. The van der Waals surface area contributed by atoms with Crippen molar-refractivity contribution in [2.75, 3.05) is 0 Å². The summed E-state index contributed by atoms with van der Waals surface area (Å²) in [6.07, 6.45) is 1.45. The Morgan fingerprint density at radius 2 is 1.56 bits per heavy atom. The molecule has 0 aliphatic carbocycles. The number of carbonyl (C=O) groups excluding carboxylic acids is 2. The third kappa shape index (κ3) is 2.79. The zero-order valence-electron chi connectivity index (χ0n) is 9.90. The number of hydrogen-bond acceptors (Lipinski definition) is 4. The molecule has 1 aliphatic rings. The van der Waals surface area contributed by atoms with Gasteiger partial charge in [-0.1, -0.05) is 28.1 Å². The standard InChI is InChI=1S/C13H11BrO4/c1-13(2)17-11(15)10(12(16)18-13)7-8-3-5-9(14)6-4-8/h3-7H,1-2H3. The smallest absolute Gasteiger partial charge is 0.348 e. The molecule has 0 saturated carbocycles. The van der Waals surface area contributed by atoms with Crippen molar-refractivity contribution in [1.29, 1.82) is 0 Å². The van der Waals surface area contributed by atoms with E-state index < -0.39 is 17.7 Å². The lowest BCUT2D eigenvalue weighted by atomic mass is 10.1. The third-order valence-corrected chi connectivity index (χ3v) is 2.83. The van der Waals surface area contributed by atoms with Crippen molar-refractivity contribution in [3.63, 3.8) is 0 Å². The van der Waals surface area contributed by atoms with E-state index in [1.54, 1.807) is 12.1 Å². The minimum atomic E-state index is -1.20. The van der Waals surface area contributed by atoms with Gasteiger partial charge >= 0.3 is 11.9 Å². The number of ether oxygens (including phenoxy) is 2. The van der Waals surface area contributed by atoms with Crippen LogP contribution in [0.5, 0.6) is 0 Å². The van der Waals surface area contributed by atoms with Crippen LogP contribution in [0.4, 0.5) is 0 Å². The molecule has 0 aromatic heterocycles. The van der Waals surface area contributed by atoms with E-state index in [1.165, 1.54) is 19.9 Å². The van der Waals surface area contributed by atoms with Crippen molar-refractivity contribution in [1.82, 2.24) is 0 Å². The molecule has 4 nitrogen and oxygen atoms in total. The summed E-state index contributed by atoms with van der Waals surface area (Å²) in [5.74, 6) is -2.54. The van der Waals surface area contributed by atoms with E-state index >= 15 is 0 Å². The van der Waals surface area contributed by atoms with Crippen LogP contribution < -0.4 is 0 Å². The fourth-order valence-corrected chi connectivity index (χ4v) is 1.77. The predicted molar refractivity (Wildman–Crippen MR) is 68.4 cm³/mol. The molecule has 94 valence electrons. The van der Waals surface area contributed by atoms with Crippen LogP contribution in [0.15, 0.2) is 34.3 Å².